The molecule has 0 aliphatic heterocycles. The molecule has 0 saturated carbocycles. The summed E-state index contributed by atoms with van der Waals surface area (Å²) in [6, 6.07) is 13.6. The van der Waals surface area contributed by atoms with Gasteiger partial charge in [0.25, 0.3) is 0 Å². The van der Waals surface area contributed by atoms with Crippen LogP contribution in [0.15, 0.2) is 42.5 Å². The average Bonchev–Trinajstić information content (AvgIpc) is 2.59. The van der Waals surface area contributed by atoms with Crippen molar-refractivity contribution in [1.29, 1.82) is 0 Å². The Labute approximate surface area is 186 Å². The molecule has 0 unspecified atom stereocenters. The van der Waals surface area contributed by atoms with Crippen molar-refractivity contribution in [1.82, 2.24) is 0 Å². The normalized spacial score (nSPS) is 15.7. The summed E-state index contributed by atoms with van der Waals surface area (Å²) < 4.78 is 1.30. The predicted molar refractivity (Wildman–Crippen MR) is 109 cm³/mol. The number of aromatic carboxylic acids is 1. The van der Waals surface area contributed by atoms with Crippen molar-refractivity contribution in [3.05, 3.63) is 64.7 Å². The fourth-order valence-electron chi connectivity index (χ4n) is 3.47. The molecule has 0 fully saturated rings. The van der Waals surface area contributed by atoms with E-state index in [1.54, 1.807) is 24.3 Å². The van der Waals surface area contributed by atoms with E-state index in [0.29, 0.717) is 5.56 Å². The van der Waals surface area contributed by atoms with Gasteiger partial charge >= 0.3 is 181 Å². The molecule has 0 amide bonds. The molecule has 142 valence electrons. The molecule has 0 radical (unpaired) electrons. The molecule has 28 heavy (non-hydrogen) atoms. The van der Waals surface area contributed by atoms with Crippen LogP contribution in [0.1, 0.15) is 67.6 Å². The van der Waals surface area contributed by atoms with E-state index >= 15 is 0 Å². The fourth-order valence-corrected chi connectivity index (χ4v) is 4.73. The standard InChI is InChI=1S/C23H24O2Se.Li.H2O/c1-22(2)12-13-23(3,4)20-15-18(9-10-19(20)22)26-14-11-16-5-7-17(8-6-16)21(24)25;;/h5-10,15H,12-13H2,1-4H3,(H,24,25);;1H2/q;+1;/p-1. The first-order chi connectivity index (χ1) is 12.2. The van der Waals surface area contributed by atoms with Crippen molar-refractivity contribution in [2.45, 2.75) is 51.4 Å². The molecule has 0 saturated heterocycles. The van der Waals surface area contributed by atoms with Crippen LogP contribution in [-0.4, -0.2) is 31.5 Å². The Morgan fingerprint density at radius 1 is 0.964 bits per heavy atom. The van der Waals surface area contributed by atoms with E-state index in [2.05, 4.69) is 56.6 Å². The quantitative estimate of drug-likeness (QED) is 0.563. The van der Waals surface area contributed by atoms with Gasteiger partial charge in [-0.3, -0.25) is 0 Å². The number of carboxylic acid groups (broad SMARTS) is 1. The van der Waals surface area contributed by atoms with Crippen molar-refractivity contribution < 1.29 is 34.2 Å². The second-order valence-electron chi connectivity index (χ2n) is 8.19. The maximum atomic E-state index is 10.9. The number of carbonyl (C=O) groups is 1. The first-order valence-corrected chi connectivity index (χ1v) is 10.6. The van der Waals surface area contributed by atoms with Crippen LogP contribution in [0.4, 0.5) is 0 Å². The fraction of sp³-hybridized carbons (Fsp3) is 0.348. The van der Waals surface area contributed by atoms with Crippen LogP contribution in [0.2, 0.25) is 0 Å². The molecule has 0 spiro atoms. The van der Waals surface area contributed by atoms with Gasteiger partial charge in [0.2, 0.25) is 0 Å². The largest absolute Gasteiger partial charge is 1.00 e. The second kappa shape index (κ2) is 9.36. The monoisotopic (exact) mass is 436 g/mol. The molecule has 0 bridgehead atoms. The zero-order valence-electron chi connectivity index (χ0n) is 17.2. The summed E-state index contributed by atoms with van der Waals surface area (Å²) in [6.07, 6.45) is 2.44. The Bertz CT molecular complexity index is 906. The third kappa shape index (κ3) is 5.33. The summed E-state index contributed by atoms with van der Waals surface area (Å²) >= 11 is 0.0815. The predicted octanol–water partition coefficient (Wildman–Crippen LogP) is 0.900. The number of fused-ring (bicyclic) bond motifs is 1. The van der Waals surface area contributed by atoms with Gasteiger partial charge in [-0.25, -0.2) is 0 Å². The third-order valence-electron chi connectivity index (χ3n) is 5.32. The maximum absolute atomic E-state index is 10.9. The number of hydrogen-bond acceptors (Lipinski definition) is 2. The molecule has 0 aromatic heterocycles. The number of carboxylic acids is 1. The Hall–Kier alpha value is -1.45. The van der Waals surface area contributed by atoms with E-state index in [1.807, 2.05) is 0 Å². The molecular formula is C23H25LiO3Se. The minimum absolute atomic E-state index is 0. The number of benzene rings is 2. The van der Waals surface area contributed by atoms with Crippen molar-refractivity contribution in [3.8, 4) is 10.7 Å². The SMILES string of the molecule is CC1(C)CCC(C)(C)c2cc([Se]C#Cc3ccc(C(=O)O)cc3)ccc21.[Li+].[OH-]. The Morgan fingerprint density at radius 3 is 2.11 bits per heavy atom. The van der Waals surface area contributed by atoms with E-state index in [0.717, 1.165) is 5.56 Å². The third-order valence-corrected chi connectivity index (χ3v) is 6.78. The molecule has 1 aliphatic carbocycles. The molecule has 2 aromatic rings. The van der Waals surface area contributed by atoms with Gasteiger partial charge in [-0.15, -0.1) is 0 Å². The number of hydrogen-bond donors (Lipinski definition) is 1. The molecule has 0 heterocycles. The summed E-state index contributed by atoms with van der Waals surface area (Å²) in [5.41, 5.74) is 4.56. The van der Waals surface area contributed by atoms with Crippen LogP contribution in [0, 0.1) is 10.7 Å². The van der Waals surface area contributed by atoms with E-state index in [4.69, 9.17) is 5.11 Å². The van der Waals surface area contributed by atoms with Gasteiger partial charge in [0, 0.05) is 0 Å². The zero-order valence-corrected chi connectivity index (χ0v) is 18.9. The van der Waals surface area contributed by atoms with Gasteiger partial charge in [0.05, 0.1) is 0 Å². The maximum Gasteiger partial charge on any atom is 1.00 e. The first-order valence-electron chi connectivity index (χ1n) is 8.85. The van der Waals surface area contributed by atoms with Gasteiger partial charge in [0.1, 0.15) is 0 Å². The van der Waals surface area contributed by atoms with Gasteiger partial charge in [-0.2, -0.15) is 0 Å². The second-order valence-corrected chi connectivity index (χ2v) is 10.0. The molecule has 3 nitrogen and oxygen atoms in total. The summed E-state index contributed by atoms with van der Waals surface area (Å²) in [6.45, 7) is 9.36. The van der Waals surface area contributed by atoms with E-state index < -0.39 is 5.97 Å². The van der Waals surface area contributed by atoms with Crippen LogP contribution in [0.5, 0.6) is 0 Å². The average molecular weight is 435 g/mol. The van der Waals surface area contributed by atoms with E-state index in [9.17, 15) is 4.79 Å². The zero-order chi connectivity index (χ0) is 18.9. The Kier molecular flexibility index (Phi) is 8.22. The first kappa shape index (κ1) is 24.6. The summed E-state index contributed by atoms with van der Waals surface area (Å²) in [7, 11) is 0. The summed E-state index contributed by atoms with van der Waals surface area (Å²) in [4.78, 5) is 14.2. The molecule has 2 aromatic carbocycles. The number of rotatable bonds is 2. The van der Waals surface area contributed by atoms with Gasteiger partial charge < -0.3 is 5.48 Å². The van der Waals surface area contributed by atoms with Crippen LogP contribution in [0.25, 0.3) is 0 Å². The van der Waals surface area contributed by atoms with Gasteiger partial charge in [0.15, 0.2) is 0 Å². The molecule has 2 N–H and O–H groups in total. The topological polar surface area (TPSA) is 67.3 Å². The van der Waals surface area contributed by atoms with Crippen molar-refractivity contribution in [2.75, 3.05) is 0 Å². The summed E-state index contributed by atoms with van der Waals surface area (Å²) in [5.74, 6) is 2.25. The van der Waals surface area contributed by atoms with Crippen LogP contribution < -0.4 is 23.3 Å². The Balaban J connectivity index is 0.00000196. The van der Waals surface area contributed by atoms with E-state index in [1.165, 1.54) is 28.4 Å². The molecule has 3 rings (SSSR count). The Morgan fingerprint density at radius 2 is 1.54 bits per heavy atom. The minimum atomic E-state index is -0.909. The smallest absolute Gasteiger partial charge is 0.870 e. The van der Waals surface area contributed by atoms with Crippen LogP contribution >= 0.6 is 0 Å². The minimum Gasteiger partial charge on any atom is -0.870 e. The van der Waals surface area contributed by atoms with Crippen molar-refractivity contribution in [3.63, 3.8) is 0 Å². The van der Waals surface area contributed by atoms with Gasteiger partial charge in [-0.1, -0.05) is 0 Å². The van der Waals surface area contributed by atoms with Crippen molar-refractivity contribution >= 4 is 25.4 Å². The molecule has 5 heteroatoms. The van der Waals surface area contributed by atoms with Crippen LogP contribution in [0.3, 0.4) is 0 Å². The molecule has 0 atom stereocenters. The summed E-state index contributed by atoms with van der Waals surface area (Å²) in [5, 5.41) is 8.94. The molecule has 1 aliphatic rings. The van der Waals surface area contributed by atoms with Gasteiger partial charge in [-0.05, 0) is 0 Å². The van der Waals surface area contributed by atoms with E-state index in [-0.39, 0.29) is 50.1 Å². The molecular weight excluding hydrogens is 410 g/mol. The van der Waals surface area contributed by atoms with Crippen LogP contribution in [-0.2, 0) is 10.8 Å². The van der Waals surface area contributed by atoms with Crippen molar-refractivity contribution in [2.24, 2.45) is 0 Å².